The van der Waals surface area contributed by atoms with E-state index < -0.39 is 17.7 Å². The number of carbonyl (C=O) groups is 1. The Kier molecular flexibility index (Phi) is 4.49. The van der Waals surface area contributed by atoms with Crippen molar-refractivity contribution in [3.8, 4) is 16.8 Å². The highest BCUT2D eigenvalue weighted by atomic mass is 19.4. The molecule has 4 rings (SSSR count). The first kappa shape index (κ1) is 19.8. The van der Waals surface area contributed by atoms with Crippen LogP contribution in [0.5, 0.6) is 0 Å². The van der Waals surface area contributed by atoms with Crippen molar-refractivity contribution in [3.63, 3.8) is 0 Å². The van der Waals surface area contributed by atoms with Crippen LogP contribution in [-0.4, -0.2) is 20.2 Å². The van der Waals surface area contributed by atoms with Crippen molar-refractivity contribution in [2.24, 2.45) is 7.05 Å². The first-order valence-corrected chi connectivity index (χ1v) is 9.27. The number of carboxylic acids is 1. The van der Waals surface area contributed by atoms with Gasteiger partial charge in [0.05, 0.1) is 16.8 Å². The van der Waals surface area contributed by atoms with E-state index in [0.29, 0.717) is 16.8 Å². The first-order chi connectivity index (χ1) is 14.1. The zero-order chi connectivity index (χ0) is 21.8. The van der Waals surface area contributed by atoms with Crippen molar-refractivity contribution in [2.45, 2.75) is 20.0 Å². The third kappa shape index (κ3) is 3.16. The highest BCUT2D eigenvalue weighted by Gasteiger charge is 2.35. The molecule has 0 bridgehead atoms. The molecule has 7 heteroatoms. The second-order valence-corrected chi connectivity index (χ2v) is 7.36. The monoisotopic (exact) mass is 412 g/mol. The minimum absolute atomic E-state index is 0.0146. The molecule has 4 aromatic rings. The maximum atomic E-state index is 14.0. The number of halogens is 3. The molecular weight excluding hydrogens is 393 g/mol. The fourth-order valence-electron chi connectivity index (χ4n) is 3.95. The van der Waals surface area contributed by atoms with Crippen molar-refractivity contribution in [2.75, 3.05) is 0 Å². The zero-order valence-corrected chi connectivity index (χ0v) is 16.6. The van der Waals surface area contributed by atoms with Crippen molar-refractivity contribution in [1.82, 2.24) is 9.13 Å². The molecule has 0 aliphatic carbocycles. The molecule has 0 atom stereocenters. The summed E-state index contributed by atoms with van der Waals surface area (Å²) in [5, 5.41) is 10.3. The highest BCUT2D eigenvalue weighted by molar-refractivity contribution is 5.90. The molecule has 2 aromatic heterocycles. The summed E-state index contributed by atoms with van der Waals surface area (Å²) in [5.74, 6) is -1.17. The van der Waals surface area contributed by atoms with Gasteiger partial charge < -0.3 is 14.2 Å². The van der Waals surface area contributed by atoms with E-state index in [1.54, 1.807) is 19.1 Å². The number of alkyl halides is 3. The maximum Gasteiger partial charge on any atom is 0.418 e. The summed E-state index contributed by atoms with van der Waals surface area (Å²) >= 11 is 0. The lowest BCUT2D eigenvalue weighted by atomic mass is 10.00. The molecule has 0 saturated carbocycles. The molecule has 0 saturated heterocycles. The van der Waals surface area contributed by atoms with Gasteiger partial charge in [-0.05, 0) is 61.4 Å². The molecule has 154 valence electrons. The number of hydrogen-bond donors (Lipinski definition) is 1. The molecule has 0 aliphatic rings. The lowest BCUT2D eigenvalue weighted by Gasteiger charge is -2.18. The Morgan fingerprint density at radius 1 is 0.967 bits per heavy atom. The van der Waals surface area contributed by atoms with Crippen LogP contribution in [0.2, 0.25) is 0 Å². The quantitative estimate of drug-likeness (QED) is 0.451. The van der Waals surface area contributed by atoms with E-state index in [-0.39, 0.29) is 16.9 Å². The SMILES string of the molecule is Cc1cc(C(=O)O)c(C)n1-c1ccc(-c2ccc3c(ccn3C)c2)cc1C(F)(F)F. The molecule has 1 N–H and O–H groups in total. The van der Waals surface area contributed by atoms with Gasteiger partial charge in [-0.15, -0.1) is 0 Å². The van der Waals surface area contributed by atoms with Crippen LogP contribution >= 0.6 is 0 Å². The third-order valence-electron chi connectivity index (χ3n) is 5.42. The second kappa shape index (κ2) is 6.79. The van der Waals surface area contributed by atoms with E-state index in [2.05, 4.69) is 0 Å². The molecule has 30 heavy (non-hydrogen) atoms. The molecule has 0 radical (unpaired) electrons. The van der Waals surface area contributed by atoms with Gasteiger partial charge in [-0.3, -0.25) is 0 Å². The van der Waals surface area contributed by atoms with Gasteiger partial charge in [-0.1, -0.05) is 12.1 Å². The maximum absolute atomic E-state index is 14.0. The van der Waals surface area contributed by atoms with E-state index in [9.17, 15) is 23.1 Å². The molecule has 0 unspecified atom stereocenters. The zero-order valence-electron chi connectivity index (χ0n) is 16.6. The molecule has 0 spiro atoms. The van der Waals surface area contributed by atoms with Crippen LogP contribution in [0.4, 0.5) is 13.2 Å². The fourth-order valence-corrected chi connectivity index (χ4v) is 3.95. The lowest BCUT2D eigenvalue weighted by molar-refractivity contribution is -0.137. The summed E-state index contributed by atoms with van der Waals surface area (Å²) in [4.78, 5) is 11.4. The third-order valence-corrected chi connectivity index (χ3v) is 5.42. The van der Waals surface area contributed by atoms with Crippen LogP contribution in [0.3, 0.4) is 0 Å². The van der Waals surface area contributed by atoms with Crippen LogP contribution in [-0.2, 0) is 13.2 Å². The average molecular weight is 412 g/mol. The van der Waals surface area contributed by atoms with E-state index in [1.807, 2.05) is 36.0 Å². The Hall–Kier alpha value is -3.48. The average Bonchev–Trinajstić information content (AvgIpc) is 3.20. The van der Waals surface area contributed by atoms with Gasteiger partial charge in [0.25, 0.3) is 0 Å². The van der Waals surface area contributed by atoms with Crippen LogP contribution < -0.4 is 0 Å². The van der Waals surface area contributed by atoms with Crippen LogP contribution in [0.15, 0.2) is 54.7 Å². The normalized spacial score (nSPS) is 11.9. The van der Waals surface area contributed by atoms with Gasteiger partial charge in [-0.2, -0.15) is 13.2 Å². The topological polar surface area (TPSA) is 47.2 Å². The van der Waals surface area contributed by atoms with Gasteiger partial charge in [-0.25, -0.2) is 4.79 Å². The van der Waals surface area contributed by atoms with Gasteiger partial charge >= 0.3 is 12.1 Å². The number of aryl methyl sites for hydroxylation is 2. The smallest absolute Gasteiger partial charge is 0.418 e. The number of benzene rings is 2. The van der Waals surface area contributed by atoms with Gasteiger partial charge in [0.2, 0.25) is 0 Å². The van der Waals surface area contributed by atoms with Gasteiger partial charge in [0.15, 0.2) is 0 Å². The molecule has 2 aromatic carbocycles. The van der Waals surface area contributed by atoms with Gasteiger partial charge in [0.1, 0.15) is 0 Å². The fraction of sp³-hybridized carbons (Fsp3) is 0.174. The predicted molar refractivity (Wildman–Crippen MR) is 109 cm³/mol. The Labute approximate surface area is 170 Å². The molecule has 2 heterocycles. The van der Waals surface area contributed by atoms with Crippen LogP contribution in [0.1, 0.15) is 27.3 Å². The molecular formula is C23H19F3N2O2. The summed E-state index contributed by atoms with van der Waals surface area (Å²) in [6.07, 6.45) is -2.70. The Bertz CT molecular complexity index is 1300. The standard InChI is InChI=1S/C23H19F3N2O2/c1-13-10-18(22(29)30)14(2)28(13)21-7-5-16(12-19(21)23(24,25)26)15-4-6-20-17(11-15)8-9-27(20)3/h4-12H,1-3H3,(H,29,30). The summed E-state index contributed by atoms with van der Waals surface area (Å²) in [6, 6.07) is 13.0. The van der Waals surface area contributed by atoms with Crippen molar-refractivity contribution >= 4 is 16.9 Å². The highest BCUT2D eigenvalue weighted by Crippen LogP contribution is 2.38. The number of fused-ring (bicyclic) bond motifs is 1. The second-order valence-electron chi connectivity index (χ2n) is 7.36. The summed E-state index contributed by atoms with van der Waals surface area (Å²) in [5.41, 5.74) is 1.88. The first-order valence-electron chi connectivity index (χ1n) is 9.27. The van der Waals surface area contributed by atoms with Gasteiger partial charge in [0, 0.05) is 35.5 Å². The molecule has 0 fully saturated rings. The number of hydrogen-bond acceptors (Lipinski definition) is 1. The number of nitrogens with zero attached hydrogens (tertiary/aromatic N) is 2. The van der Waals surface area contributed by atoms with Crippen molar-refractivity contribution in [3.05, 3.63) is 77.2 Å². The van der Waals surface area contributed by atoms with E-state index in [0.717, 1.165) is 17.0 Å². The van der Waals surface area contributed by atoms with E-state index >= 15 is 0 Å². The van der Waals surface area contributed by atoms with E-state index in [4.69, 9.17) is 0 Å². The number of carboxylic acid groups (broad SMARTS) is 1. The number of aromatic nitrogens is 2. The summed E-state index contributed by atoms with van der Waals surface area (Å²) in [6.45, 7) is 3.10. The number of rotatable bonds is 3. The minimum Gasteiger partial charge on any atom is -0.478 e. The predicted octanol–water partition coefficient (Wildman–Crippen LogP) is 5.97. The summed E-state index contributed by atoms with van der Waals surface area (Å²) < 4.78 is 45.2. The Balaban J connectivity index is 1.91. The van der Waals surface area contributed by atoms with Crippen LogP contribution in [0, 0.1) is 13.8 Å². The lowest BCUT2D eigenvalue weighted by Crippen LogP contribution is -2.13. The van der Waals surface area contributed by atoms with Crippen LogP contribution in [0.25, 0.3) is 27.7 Å². The summed E-state index contributed by atoms with van der Waals surface area (Å²) in [7, 11) is 1.91. The molecule has 0 amide bonds. The molecule has 4 nitrogen and oxygen atoms in total. The molecule has 0 aliphatic heterocycles. The van der Waals surface area contributed by atoms with Crippen molar-refractivity contribution < 1.29 is 23.1 Å². The van der Waals surface area contributed by atoms with E-state index in [1.165, 1.54) is 23.6 Å². The minimum atomic E-state index is -4.60. The largest absolute Gasteiger partial charge is 0.478 e. The number of aromatic carboxylic acids is 1. The Morgan fingerprint density at radius 2 is 1.63 bits per heavy atom. The Morgan fingerprint density at radius 3 is 2.27 bits per heavy atom. The van der Waals surface area contributed by atoms with Crippen molar-refractivity contribution in [1.29, 1.82) is 0 Å².